The standard InChI is InChI=1S/C21H21F3N2O2S/c1-25-19(29)20(16-8-5-11-26-13-16)10-3-2-9-17(20)28-18(27)14-6-4-7-15(12-14)21(22,23)24/h4-8,11-13,17H,2-3,9-10H2,1H3,(H,25,29). The molecule has 0 radical (unpaired) electrons. The minimum absolute atomic E-state index is 0.138. The molecular weight excluding hydrogens is 401 g/mol. The van der Waals surface area contributed by atoms with E-state index < -0.39 is 29.2 Å². The average molecular weight is 422 g/mol. The molecule has 0 saturated heterocycles. The largest absolute Gasteiger partial charge is 0.457 e. The zero-order valence-electron chi connectivity index (χ0n) is 15.8. The van der Waals surface area contributed by atoms with Crippen LogP contribution in [0.5, 0.6) is 0 Å². The van der Waals surface area contributed by atoms with E-state index in [1.54, 1.807) is 25.5 Å². The number of hydrogen-bond acceptors (Lipinski definition) is 4. The quantitative estimate of drug-likeness (QED) is 0.573. The van der Waals surface area contributed by atoms with Crippen LogP contribution in [-0.4, -0.2) is 29.1 Å². The monoisotopic (exact) mass is 422 g/mol. The first kappa shape index (κ1) is 21.2. The topological polar surface area (TPSA) is 51.2 Å². The number of benzene rings is 1. The normalized spacial score (nSPS) is 22.0. The van der Waals surface area contributed by atoms with Gasteiger partial charge in [-0.05, 0) is 49.1 Å². The van der Waals surface area contributed by atoms with Gasteiger partial charge in [-0.15, -0.1) is 0 Å². The molecular formula is C21H21F3N2O2S. The second-order valence-electron chi connectivity index (χ2n) is 7.01. The van der Waals surface area contributed by atoms with Crippen molar-refractivity contribution in [2.75, 3.05) is 7.05 Å². The number of thiocarbonyl (C=S) groups is 1. The number of esters is 1. The van der Waals surface area contributed by atoms with Crippen LogP contribution in [0.15, 0.2) is 48.8 Å². The molecule has 154 valence electrons. The maximum atomic E-state index is 13.0. The number of aromatic nitrogens is 1. The van der Waals surface area contributed by atoms with Crippen LogP contribution in [0.3, 0.4) is 0 Å². The van der Waals surface area contributed by atoms with E-state index in [2.05, 4.69) is 10.3 Å². The van der Waals surface area contributed by atoms with Gasteiger partial charge in [0, 0.05) is 19.4 Å². The van der Waals surface area contributed by atoms with Crippen molar-refractivity contribution in [2.24, 2.45) is 0 Å². The van der Waals surface area contributed by atoms with Crippen LogP contribution in [0.2, 0.25) is 0 Å². The Morgan fingerprint density at radius 3 is 2.72 bits per heavy atom. The molecule has 1 saturated carbocycles. The second kappa shape index (κ2) is 8.49. The van der Waals surface area contributed by atoms with Gasteiger partial charge in [0.25, 0.3) is 0 Å². The summed E-state index contributed by atoms with van der Waals surface area (Å²) in [5.74, 6) is -0.796. The summed E-state index contributed by atoms with van der Waals surface area (Å²) in [7, 11) is 1.71. The van der Waals surface area contributed by atoms with Crippen LogP contribution in [0.25, 0.3) is 0 Å². The lowest BCUT2D eigenvalue weighted by Gasteiger charge is -2.43. The molecule has 29 heavy (non-hydrogen) atoms. The van der Waals surface area contributed by atoms with E-state index in [1.165, 1.54) is 12.1 Å². The van der Waals surface area contributed by atoms with Gasteiger partial charge in [-0.3, -0.25) is 4.98 Å². The van der Waals surface area contributed by atoms with Crippen molar-refractivity contribution in [2.45, 2.75) is 43.4 Å². The fraction of sp³-hybridized carbons (Fsp3) is 0.381. The molecule has 2 atom stereocenters. The smallest absolute Gasteiger partial charge is 0.416 e. The fourth-order valence-electron chi connectivity index (χ4n) is 3.89. The van der Waals surface area contributed by atoms with Gasteiger partial charge >= 0.3 is 12.1 Å². The van der Waals surface area contributed by atoms with Crippen LogP contribution in [0.4, 0.5) is 13.2 Å². The molecule has 2 aromatic rings. The Hall–Kier alpha value is -2.48. The van der Waals surface area contributed by atoms with Gasteiger partial charge in [-0.2, -0.15) is 13.2 Å². The van der Waals surface area contributed by atoms with Crippen LogP contribution in [0.1, 0.15) is 47.2 Å². The molecule has 8 heteroatoms. The number of ether oxygens (including phenoxy) is 1. The van der Waals surface area contributed by atoms with Crippen LogP contribution >= 0.6 is 12.2 Å². The van der Waals surface area contributed by atoms with Crippen molar-refractivity contribution in [3.63, 3.8) is 0 Å². The average Bonchev–Trinajstić information content (AvgIpc) is 2.73. The molecule has 1 N–H and O–H groups in total. The van der Waals surface area contributed by atoms with Crippen molar-refractivity contribution >= 4 is 23.2 Å². The molecule has 0 aliphatic heterocycles. The Labute approximate surface area is 172 Å². The third kappa shape index (κ3) is 4.27. The number of alkyl halides is 3. The van der Waals surface area contributed by atoms with E-state index in [0.717, 1.165) is 30.5 Å². The Morgan fingerprint density at radius 2 is 2.07 bits per heavy atom. The van der Waals surface area contributed by atoms with E-state index in [4.69, 9.17) is 17.0 Å². The number of halogens is 3. The number of hydrogen-bond donors (Lipinski definition) is 1. The third-order valence-electron chi connectivity index (χ3n) is 5.32. The number of pyridine rings is 1. The second-order valence-corrected chi connectivity index (χ2v) is 7.42. The maximum absolute atomic E-state index is 13.0. The summed E-state index contributed by atoms with van der Waals surface area (Å²) >= 11 is 5.61. The van der Waals surface area contributed by atoms with Crippen LogP contribution in [-0.2, 0) is 16.3 Å². The molecule has 1 aromatic heterocycles. The molecule has 0 spiro atoms. The Bertz CT molecular complexity index is 889. The van der Waals surface area contributed by atoms with Gasteiger partial charge in [0.2, 0.25) is 0 Å². The van der Waals surface area contributed by atoms with Crippen molar-refractivity contribution in [1.82, 2.24) is 10.3 Å². The first-order valence-electron chi connectivity index (χ1n) is 9.30. The SMILES string of the molecule is CNC(=S)C1(c2cccnc2)CCCCC1OC(=O)c1cccc(C(F)(F)F)c1. The number of carbonyl (C=O) groups excluding carboxylic acids is 1. The van der Waals surface area contributed by atoms with E-state index in [-0.39, 0.29) is 5.56 Å². The van der Waals surface area contributed by atoms with Crippen molar-refractivity contribution in [3.05, 3.63) is 65.5 Å². The van der Waals surface area contributed by atoms with Gasteiger partial charge < -0.3 is 10.1 Å². The summed E-state index contributed by atoms with van der Waals surface area (Å²) in [5.41, 5.74) is -0.977. The summed E-state index contributed by atoms with van der Waals surface area (Å²) in [4.78, 5) is 17.5. The number of likely N-dealkylation sites (N-methyl/N-ethyl adjacent to an activating group) is 1. The van der Waals surface area contributed by atoms with Gasteiger partial charge in [0.15, 0.2) is 0 Å². The molecule has 0 amide bonds. The fourth-order valence-corrected chi connectivity index (χ4v) is 4.24. The molecule has 1 aliphatic rings. The van der Waals surface area contributed by atoms with E-state index in [1.807, 2.05) is 6.07 Å². The highest BCUT2D eigenvalue weighted by molar-refractivity contribution is 7.80. The molecule has 1 heterocycles. The highest BCUT2D eigenvalue weighted by Gasteiger charge is 2.48. The highest BCUT2D eigenvalue weighted by Crippen LogP contribution is 2.42. The van der Waals surface area contributed by atoms with E-state index in [9.17, 15) is 18.0 Å². The predicted octanol–water partition coefficient (Wildman–Crippen LogP) is 4.68. The van der Waals surface area contributed by atoms with Gasteiger partial charge in [-0.25, -0.2) is 4.79 Å². The zero-order valence-corrected chi connectivity index (χ0v) is 16.6. The third-order valence-corrected chi connectivity index (χ3v) is 5.89. The molecule has 1 aromatic carbocycles. The first-order chi connectivity index (χ1) is 13.8. The lowest BCUT2D eigenvalue weighted by Crippen LogP contribution is -2.53. The Morgan fingerprint density at radius 1 is 1.28 bits per heavy atom. The van der Waals surface area contributed by atoms with E-state index >= 15 is 0 Å². The lowest BCUT2D eigenvalue weighted by molar-refractivity contribution is -0.137. The van der Waals surface area contributed by atoms with Crippen molar-refractivity contribution < 1.29 is 22.7 Å². The van der Waals surface area contributed by atoms with Crippen LogP contribution in [0, 0.1) is 0 Å². The minimum Gasteiger partial charge on any atom is -0.457 e. The minimum atomic E-state index is -4.53. The number of nitrogens with one attached hydrogen (secondary N) is 1. The van der Waals surface area contributed by atoms with E-state index in [0.29, 0.717) is 17.8 Å². The molecule has 1 aliphatic carbocycles. The molecule has 0 bridgehead atoms. The van der Waals surface area contributed by atoms with Crippen molar-refractivity contribution in [1.29, 1.82) is 0 Å². The number of nitrogens with zero attached hydrogens (tertiary/aromatic N) is 1. The molecule has 1 fully saturated rings. The molecule has 2 unspecified atom stereocenters. The summed E-state index contributed by atoms with van der Waals surface area (Å²) in [5, 5.41) is 3.01. The summed E-state index contributed by atoms with van der Waals surface area (Å²) < 4.78 is 44.8. The Balaban J connectivity index is 1.95. The highest BCUT2D eigenvalue weighted by atomic mass is 32.1. The summed E-state index contributed by atoms with van der Waals surface area (Å²) in [6.45, 7) is 0. The molecule has 4 nitrogen and oxygen atoms in total. The predicted molar refractivity (Wildman–Crippen MR) is 107 cm³/mol. The van der Waals surface area contributed by atoms with Gasteiger partial charge in [-0.1, -0.05) is 30.8 Å². The Kier molecular flexibility index (Phi) is 6.21. The first-order valence-corrected chi connectivity index (χ1v) is 9.71. The molecule has 3 rings (SSSR count). The number of rotatable bonds is 4. The summed E-state index contributed by atoms with van der Waals surface area (Å²) in [6, 6.07) is 7.93. The van der Waals surface area contributed by atoms with Crippen molar-refractivity contribution in [3.8, 4) is 0 Å². The van der Waals surface area contributed by atoms with Gasteiger partial charge in [0.05, 0.1) is 21.5 Å². The zero-order chi connectivity index (χ0) is 21.1. The lowest BCUT2D eigenvalue weighted by atomic mass is 9.67. The van der Waals surface area contributed by atoms with Crippen LogP contribution < -0.4 is 5.32 Å². The van der Waals surface area contributed by atoms with Gasteiger partial charge in [0.1, 0.15) is 6.10 Å². The summed E-state index contributed by atoms with van der Waals surface area (Å²) in [6.07, 6.45) is 1.12. The number of carbonyl (C=O) groups is 1. The maximum Gasteiger partial charge on any atom is 0.416 e.